The fraction of sp³-hybridized carbons (Fsp3) is 0.760. The van der Waals surface area contributed by atoms with Gasteiger partial charge in [-0.05, 0) is 37.2 Å². The van der Waals surface area contributed by atoms with Crippen LogP contribution in [-0.4, -0.2) is 86.0 Å². The number of amides is 4. The Morgan fingerprint density at radius 2 is 1.74 bits per heavy atom. The monoisotopic (exact) mass is 632 g/mol. The lowest BCUT2D eigenvalue weighted by atomic mass is 9.70. The van der Waals surface area contributed by atoms with E-state index in [1.807, 2.05) is 0 Å². The second-order valence-electron chi connectivity index (χ2n) is 12.1. The number of halogens is 6. The van der Waals surface area contributed by atoms with Gasteiger partial charge >= 0.3 is 12.1 Å². The van der Waals surface area contributed by atoms with E-state index in [0.29, 0.717) is 12.3 Å². The lowest BCUT2D eigenvalue weighted by molar-refractivity contribution is -0.197. The molecule has 3 N–H and O–H groups in total. The molecule has 238 valence electrons. The normalized spacial score (nSPS) is 27.7. The summed E-state index contributed by atoms with van der Waals surface area (Å²) in [6.07, 6.45) is -5.38. The third kappa shape index (κ3) is 7.37. The molecule has 3 aliphatic heterocycles. The van der Waals surface area contributed by atoms with Crippen molar-refractivity contribution in [2.45, 2.75) is 89.1 Å². The van der Waals surface area contributed by atoms with Gasteiger partial charge in [0, 0.05) is 31.2 Å². The van der Waals surface area contributed by atoms with Crippen LogP contribution in [0.15, 0.2) is 11.2 Å². The van der Waals surface area contributed by atoms with Crippen molar-refractivity contribution in [3.8, 4) is 0 Å². The van der Waals surface area contributed by atoms with Crippen LogP contribution in [0.4, 0.5) is 26.3 Å². The van der Waals surface area contributed by atoms with Gasteiger partial charge in [0.25, 0.3) is 5.92 Å². The van der Waals surface area contributed by atoms with E-state index < -0.39 is 98.6 Å². The molecular weight excluding hydrogens is 598 g/mol. The Balaban J connectivity index is 2.00. The zero-order chi connectivity index (χ0) is 32.0. The summed E-state index contributed by atoms with van der Waals surface area (Å²) in [6.45, 7) is 4.31. The third-order valence-electron chi connectivity index (χ3n) is 7.82. The van der Waals surface area contributed by atoms with E-state index in [-0.39, 0.29) is 32.2 Å². The summed E-state index contributed by atoms with van der Waals surface area (Å²) in [5.41, 5.74) is -1.35. The molecule has 0 aromatic carbocycles. The highest BCUT2D eigenvalue weighted by Crippen LogP contribution is 2.49. The van der Waals surface area contributed by atoms with Crippen LogP contribution in [-0.2, 0) is 29.0 Å². The number of carbonyl (C=O) groups excluding carboxylic acids is 4. The minimum atomic E-state index is -5.36. The first-order valence-corrected chi connectivity index (χ1v) is 15.2. The van der Waals surface area contributed by atoms with Crippen molar-refractivity contribution in [1.29, 1.82) is 0 Å². The van der Waals surface area contributed by atoms with Crippen molar-refractivity contribution in [1.82, 2.24) is 20.9 Å². The summed E-state index contributed by atoms with van der Waals surface area (Å²) in [7, 11) is -4.38. The molecule has 0 unspecified atom stereocenters. The standard InChI is InChI=1S/C25H34F6N4O6S/c1-23(2,3)18(34-22(39)25(29,30)31)21(38)35-14-5-6-15(24(27,28)11-14)17(35)20(37)33-13(10-16(26)42(4,40)41)9-12-7-8-32-19(12)36/h10,12-15,17-18H,5-9,11H2,1-4H3,(H,32,36)(H,33,37)(H,34,39)/b16-10-/t12-,13+,14-,15-,17+,18-/m0/s1. The summed E-state index contributed by atoms with van der Waals surface area (Å²) in [5.74, 6) is -11.3. The van der Waals surface area contributed by atoms with Crippen LogP contribution in [0.3, 0.4) is 0 Å². The molecule has 1 saturated carbocycles. The Morgan fingerprint density at radius 3 is 2.21 bits per heavy atom. The number of fused-ring (bicyclic) bond motifs is 3. The van der Waals surface area contributed by atoms with E-state index in [0.717, 1.165) is 4.90 Å². The van der Waals surface area contributed by atoms with Crippen LogP contribution < -0.4 is 16.0 Å². The van der Waals surface area contributed by atoms with Crippen LogP contribution in [0.5, 0.6) is 0 Å². The van der Waals surface area contributed by atoms with Crippen LogP contribution >= 0.6 is 0 Å². The zero-order valence-corrected chi connectivity index (χ0v) is 24.2. The molecule has 3 heterocycles. The summed E-state index contributed by atoms with van der Waals surface area (Å²) in [6, 6.07) is -6.56. The maximum Gasteiger partial charge on any atom is 0.471 e. The fourth-order valence-electron chi connectivity index (χ4n) is 5.73. The Hall–Kier alpha value is -2.85. The molecular formula is C25H34F6N4O6S. The number of hydrogen-bond acceptors (Lipinski definition) is 6. The molecule has 4 fully saturated rings. The van der Waals surface area contributed by atoms with Gasteiger partial charge in [-0.1, -0.05) is 20.8 Å². The molecule has 4 aliphatic rings. The van der Waals surface area contributed by atoms with Gasteiger partial charge in [-0.3, -0.25) is 19.2 Å². The SMILES string of the molecule is CC(C)(C)[C@@H](NC(=O)C(F)(F)F)C(=O)N1[C@H]2CC[C@@H]([C@@H]1C(=O)N[C@@H](/C=C(/F)S(C)(=O)=O)C[C@@H]1CCNC1=O)C(F)(F)C2. The molecule has 10 nitrogen and oxygen atoms in total. The third-order valence-corrected chi connectivity index (χ3v) is 8.66. The maximum absolute atomic E-state index is 15.1. The molecule has 1 aliphatic carbocycles. The Morgan fingerprint density at radius 1 is 1.12 bits per heavy atom. The predicted octanol–water partition coefficient (Wildman–Crippen LogP) is 1.96. The number of sulfone groups is 1. The van der Waals surface area contributed by atoms with Crippen molar-refractivity contribution in [2.75, 3.05) is 12.8 Å². The van der Waals surface area contributed by atoms with E-state index in [9.17, 15) is 45.2 Å². The van der Waals surface area contributed by atoms with Gasteiger partial charge < -0.3 is 20.9 Å². The minimum Gasteiger partial charge on any atom is -0.356 e. The van der Waals surface area contributed by atoms with Crippen LogP contribution in [0.1, 0.15) is 52.9 Å². The quantitative estimate of drug-likeness (QED) is 0.350. The molecule has 6 atom stereocenters. The molecule has 0 radical (unpaired) electrons. The lowest BCUT2D eigenvalue weighted by Gasteiger charge is -2.55. The second kappa shape index (κ2) is 11.7. The molecule has 3 saturated heterocycles. The Labute approximate surface area is 238 Å². The van der Waals surface area contributed by atoms with Gasteiger partial charge in [-0.25, -0.2) is 17.2 Å². The molecule has 0 aromatic heterocycles. The minimum absolute atomic E-state index is 0.00808. The van der Waals surface area contributed by atoms with Crippen LogP contribution in [0, 0.1) is 17.3 Å². The van der Waals surface area contributed by atoms with Gasteiger partial charge in [0.05, 0.1) is 12.0 Å². The van der Waals surface area contributed by atoms with Gasteiger partial charge in [0.15, 0.2) is 0 Å². The maximum atomic E-state index is 15.1. The largest absolute Gasteiger partial charge is 0.471 e. The van der Waals surface area contributed by atoms with Crippen molar-refractivity contribution >= 4 is 33.5 Å². The fourth-order valence-corrected chi connectivity index (χ4v) is 6.14. The van der Waals surface area contributed by atoms with Crippen molar-refractivity contribution in [3.63, 3.8) is 0 Å². The first-order chi connectivity index (χ1) is 19.0. The number of alkyl halides is 5. The van der Waals surface area contributed by atoms with E-state index in [1.165, 1.54) is 20.8 Å². The Kier molecular flexibility index (Phi) is 9.36. The van der Waals surface area contributed by atoms with Gasteiger partial charge in [0.2, 0.25) is 32.7 Å². The lowest BCUT2D eigenvalue weighted by Crippen LogP contribution is -2.71. The number of nitrogens with zero attached hydrogens (tertiary/aromatic N) is 1. The Bertz CT molecular complexity index is 1250. The molecule has 4 rings (SSSR count). The number of piperidine rings is 2. The first kappa shape index (κ1) is 33.6. The van der Waals surface area contributed by atoms with E-state index >= 15 is 8.78 Å². The highest BCUT2D eigenvalue weighted by molar-refractivity contribution is 7.94. The summed E-state index contributed by atoms with van der Waals surface area (Å²) in [4.78, 5) is 52.0. The number of hydrogen-bond donors (Lipinski definition) is 3. The molecule has 0 aromatic rings. The van der Waals surface area contributed by atoms with Crippen molar-refractivity contribution in [3.05, 3.63) is 11.2 Å². The van der Waals surface area contributed by atoms with E-state index in [4.69, 9.17) is 0 Å². The zero-order valence-electron chi connectivity index (χ0n) is 23.4. The van der Waals surface area contributed by atoms with Crippen LogP contribution in [0.2, 0.25) is 0 Å². The van der Waals surface area contributed by atoms with Crippen molar-refractivity contribution in [2.24, 2.45) is 17.3 Å². The topological polar surface area (TPSA) is 142 Å². The van der Waals surface area contributed by atoms with Crippen molar-refractivity contribution < 1.29 is 53.9 Å². The van der Waals surface area contributed by atoms with Gasteiger partial charge in [0.1, 0.15) is 12.1 Å². The first-order valence-electron chi connectivity index (χ1n) is 13.3. The highest BCUT2D eigenvalue weighted by atomic mass is 32.2. The number of carbonyl (C=O) groups is 4. The molecule has 2 bridgehead atoms. The molecule has 4 amide bonds. The predicted molar refractivity (Wildman–Crippen MR) is 136 cm³/mol. The molecule has 42 heavy (non-hydrogen) atoms. The van der Waals surface area contributed by atoms with Crippen LogP contribution in [0.25, 0.3) is 0 Å². The summed E-state index contributed by atoms with van der Waals surface area (Å²) < 4.78 is 107. The highest BCUT2D eigenvalue weighted by Gasteiger charge is 2.61. The number of nitrogens with one attached hydrogen (secondary N) is 3. The smallest absolute Gasteiger partial charge is 0.356 e. The van der Waals surface area contributed by atoms with E-state index in [2.05, 4.69) is 10.6 Å². The van der Waals surface area contributed by atoms with E-state index in [1.54, 1.807) is 5.32 Å². The van der Waals surface area contributed by atoms with Gasteiger partial charge in [-0.2, -0.15) is 17.6 Å². The molecule has 17 heteroatoms. The number of rotatable bonds is 8. The average Bonchev–Trinajstić information content (AvgIpc) is 3.22. The summed E-state index contributed by atoms with van der Waals surface area (Å²) in [5, 5.41) is 4.81. The molecule has 0 spiro atoms. The van der Waals surface area contributed by atoms with Gasteiger partial charge in [-0.15, -0.1) is 0 Å². The second-order valence-corrected chi connectivity index (χ2v) is 14.1. The average molecular weight is 633 g/mol. The summed E-state index contributed by atoms with van der Waals surface area (Å²) >= 11 is 0.